The lowest BCUT2D eigenvalue weighted by Gasteiger charge is -2.19. The van der Waals surface area contributed by atoms with Crippen molar-refractivity contribution in [3.05, 3.63) is 29.3 Å². The van der Waals surface area contributed by atoms with E-state index in [0.29, 0.717) is 18.7 Å². The maximum atomic E-state index is 12.0. The Morgan fingerprint density at radius 3 is 2.75 bits per heavy atom. The molecule has 0 aliphatic carbocycles. The summed E-state index contributed by atoms with van der Waals surface area (Å²) in [4.78, 5) is 36.5. The summed E-state index contributed by atoms with van der Waals surface area (Å²) in [7, 11) is 0. The number of hydrogen-bond donors (Lipinski definition) is 2. The van der Waals surface area contributed by atoms with Gasteiger partial charge in [-0.2, -0.15) is 0 Å². The predicted molar refractivity (Wildman–Crippen MR) is 91.5 cm³/mol. The van der Waals surface area contributed by atoms with Crippen LogP contribution in [-0.2, 0) is 16.0 Å². The molecule has 0 bridgehead atoms. The molecule has 0 saturated carbocycles. The maximum absolute atomic E-state index is 12.0. The monoisotopic (exact) mass is 332 g/mol. The van der Waals surface area contributed by atoms with Crippen molar-refractivity contribution in [3.8, 4) is 0 Å². The Morgan fingerprint density at radius 1 is 1.25 bits per heavy atom. The van der Waals surface area contributed by atoms with Gasteiger partial charge in [0.25, 0.3) is 0 Å². The van der Waals surface area contributed by atoms with Crippen molar-refractivity contribution in [1.82, 2.24) is 5.32 Å². The number of rotatable bonds is 9. The summed E-state index contributed by atoms with van der Waals surface area (Å²) in [5, 5.41) is 11.6. The third-order valence-electron chi connectivity index (χ3n) is 4.15. The number of hydrogen-bond acceptors (Lipinski definition) is 4. The standard InChI is InChI=1S/C18H24N2O4/c1-2-3-9-19-17(22)12-20-10-8-13-11-14(4-5-15(13)20)16(21)6-7-18(23)24/h4-5,11H,2-3,6-10,12H2,1H3,(H,19,22)(H,23,24). The number of carbonyl (C=O) groups is 3. The first-order valence-corrected chi connectivity index (χ1v) is 8.40. The average molecular weight is 332 g/mol. The second-order valence-corrected chi connectivity index (χ2v) is 6.04. The molecule has 0 spiro atoms. The van der Waals surface area contributed by atoms with Crippen molar-refractivity contribution < 1.29 is 19.5 Å². The Balaban J connectivity index is 1.96. The van der Waals surface area contributed by atoms with E-state index in [9.17, 15) is 14.4 Å². The fourth-order valence-corrected chi connectivity index (χ4v) is 2.81. The van der Waals surface area contributed by atoms with Crippen LogP contribution in [0.1, 0.15) is 48.5 Å². The van der Waals surface area contributed by atoms with Gasteiger partial charge in [0, 0.05) is 30.8 Å². The van der Waals surface area contributed by atoms with Crippen molar-refractivity contribution in [3.63, 3.8) is 0 Å². The van der Waals surface area contributed by atoms with E-state index >= 15 is 0 Å². The number of benzene rings is 1. The fraction of sp³-hybridized carbons (Fsp3) is 0.500. The zero-order valence-electron chi connectivity index (χ0n) is 14.0. The van der Waals surface area contributed by atoms with Crippen LogP contribution in [0.3, 0.4) is 0 Å². The highest BCUT2D eigenvalue weighted by molar-refractivity contribution is 5.98. The van der Waals surface area contributed by atoms with Crippen LogP contribution in [0.4, 0.5) is 5.69 Å². The quantitative estimate of drug-likeness (QED) is 0.534. The molecule has 0 unspecified atom stereocenters. The minimum Gasteiger partial charge on any atom is -0.481 e. The topological polar surface area (TPSA) is 86.7 Å². The molecule has 2 N–H and O–H groups in total. The van der Waals surface area contributed by atoms with Crippen molar-refractivity contribution >= 4 is 23.3 Å². The fourth-order valence-electron chi connectivity index (χ4n) is 2.81. The number of Topliss-reactive ketones (excluding diaryl/α,β-unsaturated/α-hetero) is 1. The smallest absolute Gasteiger partial charge is 0.303 e. The van der Waals surface area contributed by atoms with Crippen molar-refractivity contribution in [2.45, 2.75) is 39.0 Å². The molecule has 130 valence electrons. The highest BCUT2D eigenvalue weighted by Crippen LogP contribution is 2.29. The van der Waals surface area contributed by atoms with E-state index in [2.05, 4.69) is 12.2 Å². The van der Waals surface area contributed by atoms with Gasteiger partial charge in [-0.15, -0.1) is 0 Å². The van der Waals surface area contributed by atoms with E-state index in [0.717, 1.165) is 37.1 Å². The Morgan fingerprint density at radius 2 is 2.04 bits per heavy atom. The highest BCUT2D eigenvalue weighted by Gasteiger charge is 2.22. The van der Waals surface area contributed by atoms with Crippen LogP contribution in [0.15, 0.2) is 18.2 Å². The number of carboxylic acid groups (broad SMARTS) is 1. The molecule has 0 fully saturated rings. The van der Waals surface area contributed by atoms with Crippen molar-refractivity contribution in [2.24, 2.45) is 0 Å². The van der Waals surface area contributed by atoms with E-state index in [1.54, 1.807) is 6.07 Å². The van der Waals surface area contributed by atoms with E-state index in [1.165, 1.54) is 0 Å². The first kappa shape index (κ1) is 18.0. The van der Waals surface area contributed by atoms with Gasteiger partial charge in [-0.3, -0.25) is 14.4 Å². The molecule has 0 aromatic heterocycles. The average Bonchev–Trinajstić information content (AvgIpc) is 2.95. The van der Waals surface area contributed by atoms with Gasteiger partial charge >= 0.3 is 5.97 Å². The summed E-state index contributed by atoms with van der Waals surface area (Å²) in [5.74, 6) is -1.11. The second kappa shape index (κ2) is 8.47. The molecule has 1 aromatic rings. The zero-order chi connectivity index (χ0) is 17.5. The number of ketones is 1. The maximum Gasteiger partial charge on any atom is 0.303 e. The molecule has 6 nitrogen and oxygen atoms in total. The minimum atomic E-state index is -0.968. The van der Waals surface area contributed by atoms with Crippen molar-refractivity contribution in [2.75, 3.05) is 24.5 Å². The van der Waals surface area contributed by atoms with E-state index in [4.69, 9.17) is 5.11 Å². The molecule has 0 saturated heterocycles. The van der Waals surface area contributed by atoms with Gasteiger partial charge < -0.3 is 15.3 Å². The largest absolute Gasteiger partial charge is 0.481 e. The number of fused-ring (bicyclic) bond motifs is 1. The SMILES string of the molecule is CCCCNC(=O)CN1CCc2cc(C(=O)CCC(=O)O)ccc21. The molecule has 0 radical (unpaired) electrons. The van der Waals surface area contributed by atoms with E-state index in [1.807, 2.05) is 17.0 Å². The Labute approximate surface area is 141 Å². The summed E-state index contributed by atoms with van der Waals surface area (Å²) < 4.78 is 0. The van der Waals surface area contributed by atoms with Gasteiger partial charge in [-0.05, 0) is 36.6 Å². The molecule has 1 heterocycles. The summed E-state index contributed by atoms with van der Waals surface area (Å²) in [6.07, 6.45) is 2.67. The normalized spacial score (nSPS) is 12.8. The molecule has 2 rings (SSSR count). The first-order chi connectivity index (χ1) is 11.5. The minimum absolute atomic E-state index is 0.0116. The van der Waals surface area contributed by atoms with Gasteiger partial charge in [-0.1, -0.05) is 13.3 Å². The van der Waals surface area contributed by atoms with E-state index < -0.39 is 5.97 Å². The van der Waals surface area contributed by atoms with Crippen LogP contribution in [0, 0.1) is 0 Å². The molecule has 1 aliphatic heterocycles. The lowest BCUT2D eigenvalue weighted by Crippen LogP contribution is -2.36. The molecule has 1 aromatic carbocycles. The van der Waals surface area contributed by atoms with Crippen LogP contribution < -0.4 is 10.2 Å². The third-order valence-corrected chi connectivity index (χ3v) is 4.15. The number of nitrogens with zero attached hydrogens (tertiary/aromatic N) is 1. The van der Waals surface area contributed by atoms with Crippen LogP contribution >= 0.6 is 0 Å². The van der Waals surface area contributed by atoms with Gasteiger partial charge in [-0.25, -0.2) is 0 Å². The molecule has 0 atom stereocenters. The molecular formula is C18H24N2O4. The first-order valence-electron chi connectivity index (χ1n) is 8.40. The van der Waals surface area contributed by atoms with Crippen LogP contribution in [0.5, 0.6) is 0 Å². The lowest BCUT2D eigenvalue weighted by atomic mass is 10.0. The molecular weight excluding hydrogens is 308 g/mol. The van der Waals surface area contributed by atoms with Crippen LogP contribution in [0.25, 0.3) is 0 Å². The zero-order valence-corrected chi connectivity index (χ0v) is 14.0. The van der Waals surface area contributed by atoms with E-state index in [-0.39, 0.29) is 24.5 Å². The summed E-state index contributed by atoms with van der Waals surface area (Å²) in [5.41, 5.74) is 2.57. The van der Waals surface area contributed by atoms with Crippen LogP contribution in [-0.4, -0.2) is 42.4 Å². The lowest BCUT2D eigenvalue weighted by molar-refractivity contribution is -0.137. The highest BCUT2D eigenvalue weighted by atomic mass is 16.4. The van der Waals surface area contributed by atoms with Gasteiger partial charge in [0.05, 0.1) is 13.0 Å². The van der Waals surface area contributed by atoms with Gasteiger partial charge in [0.1, 0.15) is 0 Å². The van der Waals surface area contributed by atoms with Crippen molar-refractivity contribution in [1.29, 1.82) is 0 Å². The Hall–Kier alpha value is -2.37. The summed E-state index contributed by atoms with van der Waals surface area (Å²) in [6, 6.07) is 5.40. The summed E-state index contributed by atoms with van der Waals surface area (Å²) >= 11 is 0. The molecule has 1 amide bonds. The number of unbranched alkanes of at least 4 members (excludes halogenated alkanes) is 1. The number of nitrogens with one attached hydrogen (secondary N) is 1. The van der Waals surface area contributed by atoms with Gasteiger partial charge in [0.15, 0.2) is 5.78 Å². The molecule has 1 aliphatic rings. The second-order valence-electron chi connectivity index (χ2n) is 6.04. The predicted octanol–water partition coefficient (Wildman–Crippen LogP) is 2.01. The Kier molecular flexibility index (Phi) is 6.35. The molecule has 6 heteroatoms. The van der Waals surface area contributed by atoms with Crippen LogP contribution in [0.2, 0.25) is 0 Å². The Bertz CT molecular complexity index is 627. The number of carboxylic acids is 1. The summed E-state index contributed by atoms with van der Waals surface area (Å²) in [6.45, 7) is 3.86. The number of amides is 1. The van der Waals surface area contributed by atoms with Gasteiger partial charge in [0.2, 0.25) is 5.91 Å². The third kappa shape index (κ3) is 4.81. The molecule has 24 heavy (non-hydrogen) atoms. The number of carbonyl (C=O) groups excluding carboxylic acids is 2. The number of aliphatic carboxylic acids is 1. The number of anilines is 1.